The van der Waals surface area contributed by atoms with Gasteiger partial charge in [-0.1, -0.05) is 42.3 Å². The molecule has 0 bridgehead atoms. The summed E-state index contributed by atoms with van der Waals surface area (Å²) in [6.45, 7) is 2.04. The van der Waals surface area contributed by atoms with E-state index in [9.17, 15) is 0 Å². The number of methoxy groups -OCH3 is 1. The lowest BCUT2D eigenvalue weighted by Crippen LogP contribution is -2.07. The molecule has 0 radical (unpaired) electrons. The van der Waals surface area contributed by atoms with Crippen molar-refractivity contribution in [3.63, 3.8) is 0 Å². The molecule has 0 aliphatic heterocycles. The molecule has 0 saturated heterocycles. The van der Waals surface area contributed by atoms with Crippen molar-refractivity contribution in [1.29, 1.82) is 0 Å². The van der Waals surface area contributed by atoms with Gasteiger partial charge >= 0.3 is 0 Å². The van der Waals surface area contributed by atoms with Gasteiger partial charge in [0, 0.05) is 11.4 Å². The van der Waals surface area contributed by atoms with Crippen LogP contribution in [0.4, 0.5) is 0 Å². The molecule has 0 aliphatic carbocycles. The van der Waals surface area contributed by atoms with Crippen molar-refractivity contribution in [2.75, 3.05) is 19.4 Å². The van der Waals surface area contributed by atoms with Gasteiger partial charge in [0.25, 0.3) is 0 Å². The Bertz CT molecular complexity index is 483. The molecule has 0 aliphatic rings. The maximum atomic E-state index is 5.45. The smallest absolute Gasteiger partial charge is 0.134 e. The summed E-state index contributed by atoms with van der Waals surface area (Å²) in [6.07, 6.45) is 11.4. The van der Waals surface area contributed by atoms with Crippen LogP contribution in [0.2, 0.25) is 0 Å². The van der Waals surface area contributed by atoms with E-state index in [2.05, 4.69) is 45.5 Å². The molecule has 0 amide bonds. The standard InChI is InChI=1S/C16H20OP2/c1-4-9-15(17-3)16(5-2)19(13-12-18)14-10-7-6-8-11-14/h1,5-11H,12-13,18H2,2-3H3/b15-9+,16-5+. The van der Waals surface area contributed by atoms with Crippen LogP contribution in [-0.4, -0.2) is 19.4 Å². The van der Waals surface area contributed by atoms with Crippen LogP contribution in [0.25, 0.3) is 0 Å². The highest BCUT2D eigenvalue weighted by atomic mass is 31.1. The Balaban J connectivity index is 3.17. The van der Waals surface area contributed by atoms with Crippen molar-refractivity contribution in [1.82, 2.24) is 0 Å². The van der Waals surface area contributed by atoms with E-state index >= 15 is 0 Å². The number of benzene rings is 1. The molecule has 0 aromatic heterocycles. The number of terminal acetylenes is 1. The Labute approximate surface area is 120 Å². The van der Waals surface area contributed by atoms with Gasteiger partial charge in [0.1, 0.15) is 5.76 Å². The summed E-state index contributed by atoms with van der Waals surface area (Å²) in [5.74, 6) is 3.36. The van der Waals surface area contributed by atoms with E-state index in [-0.39, 0.29) is 0 Å². The summed E-state index contributed by atoms with van der Waals surface area (Å²) >= 11 is 0. The Morgan fingerprint density at radius 3 is 2.58 bits per heavy atom. The fraction of sp³-hybridized carbons (Fsp3) is 0.250. The van der Waals surface area contributed by atoms with Crippen LogP contribution in [0.5, 0.6) is 0 Å². The summed E-state index contributed by atoms with van der Waals surface area (Å²) in [4.78, 5) is 0. The minimum absolute atomic E-state index is 0.425. The molecule has 1 rings (SSSR count). The van der Waals surface area contributed by atoms with Crippen molar-refractivity contribution in [3.8, 4) is 12.3 Å². The van der Waals surface area contributed by atoms with Gasteiger partial charge < -0.3 is 4.74 Å². The first kappa shape index (κ1) is 16.0. The van der Waals surface area contributed by atoms with E-state index in [1.807, 2.05) is 13.0 Å². The Morgan fingerprint density at radius 1 is 1.42 bits per heavy atom. The van der Waals surface area contributed by atoms with Gasteiger partial charge in [-0.3, -0.25) is 0 Å². The zero-order valence-corrected chi connectivity index (χ0v) is 13.5. The van der Waals surface area contributed by atoms with Crippen LogP contribution in [0, 0.1) is 12.3 Å². The van der Waals surface area contributed by atoms with E-state index in [0.29, 0.717) is 0 Å². The van der Waals surface area contributed by atoms with Crippen LogP contribution >= 0.6 is 17.2 Å². The normalized spacial score (nSPS) is 13.8. The molecule has 1 aromatic rings. The number of hydrogen-bond donors (Lipinski definition) is 0. The molecule has 100 valence electrons. The molecule has 1 nitrogen and oxygen atoms in total. The minimum atomic E-state index is -0.425. The van der Waals surface area contributed by atoms with Crippen LogP contribution in [0.3, 0.4) is 0 Å². The van der Waals surface area contributed by atoms with Crippen molar-refractivity contribution in [3.05, 3.63) is 53.6 Å². The van der Waals surface area contributed by atoms with Crippen molar-refractivity contribution >= 4 is 22.5 Å². The molecule has 3 heteroatoms. The molecule has 2 unspecified atom stereocenters. The molecule has 19 heavy (non-hydrogen) atoms. The van der Waals surface area contributed by atoms with Crippen molar-refractivity contribution in [2.45, 2.75) is 6.92 Å². The zero-order valence-electron chi connectivity index (χ0n) is 11.5. The average molecular weight is 290 g/mol. The van der Waals surface area contributed by atoms with E-state index in [0.717, 1.165) is 18.1 Å². The largest absolute Gasteiger partial charge is 0.495 e. The second-order valence-corrected chi connectivity index (χ2v) is 6.71. The zero-order chi connectivity index (χ0) is 14.1. The first-order chi connectivity index (χ1) is 9.28. The van der Waals surface area contributed by atoms with E-state index in [1.54, 1.807) is 13.2 Å². The average Bonchev–Trinajstić information content (AvgIpc) is 2.46. The Morgan fingerprint density at radius 2 is 2.11 bits per heavy atom. The van der Waals surface area contributed by atoms with Gasteiger partial charge in [-0.25, -0.2) is 0 Å². The summed E-state index contributed by atoms with van der Waals surface area (Å²) in [7, 11) is 4.05. The van der Waals surface area contributed by atoms with Gasteiger partial charge in [0.2, 0.25) is 0 Å². The van der Waals surface area contributed by atoms with Crippen LogP contribution < -0.4 is 5.30 Å². The van der Waals surface area contributed by atoms with Crippen LogP contribution in [0.15, 0.2) is 53.6 Å². The molecule has 0 spiro atoms. The second kappa shape index (κ2) is 8.92. The number of hydrogen-bond acceptors (Lipinski definition) is 1. The highest BCUT2D eigenvalue weighted by Crippen LogP contribution is 2.47. The third-order valence-electron chi connectivity index (χ3n) is 2.67. The number of ether oxygens (including phenoxy) is 1. The molecule has 0 heterocycles. The minimum Gasteiger partial charge on any atom is -0.495 e. The quantitative estimate of drug-likeness (QED) is 0.336. The van der Waals surface area contributed by atoms with Crippen LogP contribution in [-0.2, 0) is 4.74 Å². The maximum absolute atomic E-state index is 5.45. The third-order valence-corrected chi connectivity index (χ3v) is 6.13. The SMILES string of the molecule is C#C/C=C(OC)\C(=C/C)P(CCP)c1ccccc1. The lowest BCUT2D eigenvalue weighted by Gasteiger charge is -2.22. The van der Waals surface area contributed by atoms with Gasteiger partial charge in [-0.05, 0) is 32.5 Å². The summed E-state index contributed by atoms with van der Waals surface area (Å²) in [5, 5.41) is 2.57. The van der Waals surface area contributed by atoms with Gasteiger partial charge in [0.15, 0.2) is 0 Å². The number of allylic oxidation sites excluding steroid dienone is 3. The van der Waals surface area contributed by atoms with Crippen molar-refractivity contribution in [2.24, 2.45) is 0 Å². The topological polar surface area (TPSA) is 9.23 Å². The van der Waals surface area contributed by atoms with E-state index < -0.39 is 7.92 Å². The fourth-order valence-corrected chi connectivity index (χ4v) is 4.95. The fourth-order valence-electron chi connectivity index (χ4n) is 1.87. The monoisotopic (exact) mass is 290 g/mol. The lowest BCUT2D eigenvalue weighted by atomic mass is 10.4. The highest BCUT2D eigenvalue weighted by Gasteiger charge is 2.18. The molecular weight excluding hydrogens is 270 g/mol. The van der Waals surface area contributed by atoms with E-state index in [1.165, 1.54) is 10.6 Å². The Kier molecular flexibility index (Phi) is 7.50. The molecule has 0 saturated carbocycles. The summed E-state index contributed by atoms with van der Waals surface area (Å²) in [6, 6.07) is 10.6. The molecule has 0 fully saturated rings. The van der Waals surface area contributed by atoms with Gasteiger partial charge in [0.05, 0.1) is 7.11 Å². The van der Waals surface area contributed by atoms with Gasteiger partial charge in [-0.2, -0.15) is 0 Å². The molecule has 0 N–H and O–H groups in total. The predicted octanol–water partition coefficient (Wildman–Crippen LogP) is 3.74. The maximum Gasteiger partial charge on any atom is 0.134 e. The number of rotatable bonds is 6. The Hall–Kier alpha value is -1.08. The second-order valence-electron chi connectivity index (χ2n) is 3.83. The first-order valence-electron chi connectivity index (χ1n) is 6.18. The summed E-state index contributed by atoms with van der Waals surface area (Å²) in [5.41, 5.74) is 0. The molecule has 1 aromatic carbocycles. The first-order valence-corrected chi connectivity index (χ1v) is 8.52. The van der Waals surface area contributed by atoms with Crippen LogP contribution in [0.1, 0.15) is 6.92 Å². The predicted molar refractivity (Wildman–Crippen MR) is 90.1 cm³/mol. The van der Waals surface area contributed by atoms with Gasteiger partial charge in [-0.15, -0.1) is 15.7 Å². The molecule has 2 atom stereocenters. The molecular formula is C16H20OP2. The highest BCUT2D eigenvalue weighted by molar-refractivity contribution is 7.70. The summed E-state index contributed by atoms with van der Waals surface area (Å²) < 4.78 is 5.45. The van der Waals surface area contributed by atoms with E-state index in [4.69, 9.17) is 11.2 Å². The van der Waals surface area contributed by atoms with Crippen molar-refractivity contribution < 1.29 is 4.74 Å². The lowest BCUT2D eigenvalue weighted by molar-refractivity contribution is 0.305. The third kappa shape index (κ3) is 4.50.